The van der Waals surface area contributed by atoms with Crippen molar-refractivity contribution >= 4 is 22.2 Å². The monoisotopic (exact) mass is 244 g/mol. The first-order chi connectivity index (χ1) is 6.29. The Morgan fingerprint density at radius 3 is 2.85 bits per heavy atom. The molecule has 0 aliphatic carbocycles. The van der Waals surface area contributed by atoms with Gasteiger partial charge < -0.3 is 4.79 Å². The van der Waals surface area contributed by atoms with Gasteiger partial charge in [-0.05, 0) is 23.6 Å². The maximum Gasteiger partial charge on any atom is 0.120 e. The Balaban J connectivity index is 2.93. The lowest BCUT2D eigenvalue weighted by molar-refractivity contribution is -0.107. The van der Waals surface area contributed by atoms with Crippen LogP contribution in [-0.2, 0) is 17.9 Å². The minimum absolute atomic E-state index is 0.440. The van der Waals surface area contributed by atoms with E-state index in [0.717, 1.165) is 16.3 Å². The molecule has 0 saturated heterocycles. The summed E-state index contributed by atoms with van der Waals surface area (Å²) in [6.07, 6.45) is 1.89. The minimum atomic E-state index is -0.479. The predicted octanol–water partition coefficient (Wildman–Crippen LogP) is 3.05. The average Bonchev–Trinajstić information content (AvgIpc) is 2.15. The van der Waals surface area contributed by atoms with Crippen LogP contribution in [0.1, 0.15) is 17.5 Å². The zero-order valence-electron chi connectivity index (χ0n) is 7.09. The van der Waals surface area contributed by atoms with Crippen LogP contribution in [0.5, 0.6) is 0 Å². The maximum atomic E-state index is 12.5. The topological polar surface area (TPSA) is 17.1 Å². The van der Waals surface area contributed by atoms with Gasteiger partial charge in [0.15, 0.2) is 0 Å². The molecule has 0 aliphatic heterocycles. The molecular formula is C10H10BrFO. The number of halogens is 2. The van der Waals surface area contributed by atoms with Gasteiger partial charge in [0, 0.05) is 10.9 Å². The van der Waals surface area contributed by atoms with Gasteiger partial charge in [0.1, 0.15) is 13.0 Å². The number of hydrogen-bond donors (Lipinski definition) is 0. The standard InChI is InChI=1S/C10H10BrFO/c11-10-5-1-3-8(7-12)9(10)4-2-6-13/h1,3,5-6H,2,4,7H2. The fourth-order valence-corrected chi connectivity index (χ4v) is 1.82. The Morgan fingerprint density at radius 1 is 1.46 bits per heavy atom. The van der Waals surface area contributed by atoms with Crippen molar-refractivity contribution in [2.24, 2.45) is 0 Å². The van der Waals surface area contributed by atoms with E-state index in [9.17, 15) is 9.18 Å². The number of carbonyl (C=O) groups is 1. The predicted molar refractivity (Wildman–Crippen MR) is 53.3 cm³/mol. The first-order valence-corrected chi connectivity index (χ1v) is 4.84. The van der Waals surface area contributed by atoms with Crippen LogP contribution >= 0.6 is 15.9 Å². The Morgan fingerprint density at radius 2 is 2.23 bits per heavy atom. The molecule has 0 fully saturated rings. The molecule has 0 radical (unpaired) electrons. The molecule has 0 unspecified atom stereocenters. The van der Waals surface area contributed by atoms with Gasteiger partial charge in [-0.3, -0.25) is 0 Å². The number of carbonyl (C=O) groups excluding carboxylic acids is 1. The number of benzene rings is 1. The smallest absolute Gasteiger partial charge is 0.120 e. The van der Waals surface area contributed by atoms with Crippen LogP contribution in [0.4, 0.5) is 4.39 Å². The van der Waals surface area contributed by atoms with Crippen molar-refractivity contribution < 1.29 is 9.18 Å². The summed E-state index contributed by atoms with van der Waals surface area (Å²) in [4.78, 5) is 10.2. The minimum Gasteiger partial charge on any atom is -0.303 e. The van der Waals surface area contributed by atoms with Crippen molar-refractivity contribution in [1.82, 2.24) is 0 Å². The van der Waals surface area contributed by atoms with Crippen molar-refractivity contribution in [2.75, 3.05) is 0 Å². The second kappa shape index (κ2) is 5.12. The summed E-state index contributed by atoms with van der Waals surface area (Å²) in [7, 11) is 0. The highest BCUT2D eigenvalue weighted by Crippen LogP contribution is 2.22. The average molecular weight is 245 g/mol. The summed E-state index contributed by atoms with van der Waals surface area (Å²) in [6, 6.07) is 5.40. The van der Waals surface area contributed by atoms with Gasteiger partial charge in [-0.1, -0.05) is 28.1 Å². The Bertz CT molecular complexity index is 299. The molecule has 3 heteroatoms. The molecule has 0 spiro atoms. The van der Waals surface area contributed by atoms with E-state index in [2.05, 4.69) is 15.9 Å². The Hall–Kier alpha value is -0.700. The lowest BCUT2D eigenvalue weighted by Gasteiger charge is -2.06. The third-order valence-corrected chi connectivity index (χ3v) is 2.61. The van der Waals surface area contributed by atoms with Crippen molar-refractivity contribution in [3.63, 3.8) is 0 Å². The summed E-state index contributed by atoms with van der Waals surface area (Å²) >= 11 is 3.34. The van der Waals surface area contributed by atoms with Gasteiger partial charge in [-0.25, -0.2) is 4.39 Å². The number of hydrogen-bond acceptors (Lipinski definition) is 1. The van der Waals surface area contributed by atoms with E-state index in [0.29, 0.717) is 18.4 Å². The largest absolute Gasteiger partial charge is 0.303 e. The van der Waals surface area contributed by atoms with Gasteiger partial charge in [0.05, 0.1) is 0 Å². The molecule has 1 aromatic carbocycles. The van der Waals surface area contributed by atoms with Gasteiger partial charge in [0.2, 0.25) is 0 Å². The van der Waals surface area contributed by atoms with Crippen LogP contribution in [0.3, 0.4) is 0 Å². The summed E-state index contributed by atoms with van der Waals surface area (Å²) in [6.45, 7) is -0.479. The van der Waals surface area contributed by atoms with Gasteiger partial charge >= 0.3 is 0 Å². The molecule has 1 aromatic rings. The molecule has 0 atom stereocenters. The molecule has 0 amide bonds. The molecule has 0 N–H and O–H groups in total. The molecule has 0 bridgehead atoms. The molecule has 0 heterocycles. The van der Waals surface area contributed by atoms with Gasteiger partial charge in [-0.15, -0.1) is 0 Å². The second-order valence-electron chi connectivity index (χ2n) is 2.72. The normalized spacial score (nSPS) is 10.0. The van der Waals surface area contributed by atoms with Crippen LogP contribution in [0.2, 0.25) is 0 Å². The van der Waals surface area contributed by atoms with Crippen molar-refractivity contribution in [3.8, 4) is 0 Å². The van der Waals surface area contributed by atoms with Crippen molar-refractivity contribution in [3.05, 3.63) is 33.8 Å². The third kappa shape index (κ3) is 2.62. The zero-order chi connectivity index (χ0) is 9.68. The zero-order valence-corrected chi connectivity index (χ0v) is 8.68. The first kappa shape index (κ1) is 10.4. The molecule has 1 rings (SSSR count). The highest BCUT2D eigenvalue weighted by atomic mass is 79.9. The second-order valence-corrected chi connectivity index (χ2v) is 3.57. The summed E-state index contributed by atoms with van der Waals surface area (Å²) in [5, 5.41) is 0. The molecule has 0 saturated carbocycles. The lowest BCUT2D eigenvalue weighted by Crippen LogP contribution is -1.94. The van der Waals surface area contributed by atoms with E-state index < -0.39 is 6.67 Å². The van der Waals surface area contributed by atoms with E-state index >= 15 is 0 Å². The maximum absolute atomic E-state index is 12.5. The van der Waals surface area contributed by atoms with Crippen LogP contribution in [0, 0.1) is 0 Å². The lowest BCUT2D eigenvalue weighted by atomic mass is 10.0. The Kier molecular flexibility index (Phi) is 4.09. The van der Waals surface area contributed by atoms with Gasteiger partial charge in [-0.2, -0.15) is 0 Å². The molecule has 0 aliphatic rings. The molecular weight excluding hydrogens is 235 g/mol. The number of aldehydes is 1. The molecule has 1 nitrogen and oxygen atoms in total. The van der Waals surface area contributed by atoms with E-state index in [4.69, 9.17) is 0 Å². The summed E-state index contributed by atoms with van der Waals surface area (Å²) < 4.78 is 13.4. The molecule has 0 aromatic heterocycles. The van der Waals surface area contributed by atoms with Crippen LogP contribution in [-0.4, -0.2) is 6.29 Å². The third-order valence-electron chi connectivity index (χ3n) is 1.87. The highest BCUT2D eigenvalue weighted by molar-refractivity contribution is 9.10. The van der Waals surface area contributed by atoms with Crippen molar-refractivity contribution in [1.29, 1.82) is 0 Å². The fraction of sp³-hybridized carbons (Fsp3) is 0.300. The van der Waals surface area contributed by atoms with Crippen LogP contribution in [0.15, 0.2) is 22.7 Å². The summed E-state index contributed by atoms with van der Waals surface area (Å²) in [5.74, 6) is 0. The Labute approximate surface area is 85.1 Å². The molecule has 70 valence electrons. The quantitative estimate of drug-likeness (QED) is 0.745. The number of alkyl halides is 1. The van der Waals surface area contributed by atoms with Gasteiger partial charge in [0.25, 0.3) is 0 Å². The fourth-order valence-electron chi connectivity index (χ4n) is 1.21. The van der Waals surface area contributed by atoms with Crippen LogP contribution in [0.25, 0.3) is 0 Å². The van der Waals surface area contributed by atoms with Crippen LogP contribution < -0.4 is 0 Å². The first-order valence-electron chi connectivity index (χ1n) is 4.05. The van der Waals surface area contributed by atoms with E-state index in [1.807, 2.05) is 6.07 Å². The highest BCUT2D eigenvalue weighted by Gasteiger charge is 2.05. The van der Waals surface area contributed by atoms with Crippen molar-refractivity contribution in [2.45, 2.75) is 19.5 Å². The van der Waals surface area contributed by atoms with E-state index in [1.165, 1.54) is 0 Å². The number of rotatable bonds is 4. The van der Waals surface area contributed by atoms with E-state index in [1.54, 1.807) is 12.1 Å². The van der Waals surface area contributed by atoms with E-state index in [-0.39, 0.29) is 0 Å². The summed E-state index contributed by atoms with van der Waals surface area (Å²) in [5.41, 5.74) is 1.56. The SMILES string of the molecule is O=CCCc1c(Br)cccc1CF. The molecule has 13 heavy (non-hydrogen) atoms.